The Balaban J connectivity index is 1.33. The van der Waals surface area contributed by atoms with Crippen LogP contribution in [0.5, 0.6) is 11.5 Å². The number of hydrogen-bond acceptors (Lipinski definition) is 4. The molecule has 0 spiro atoms. The maximum absolute atomic E-state index is 13.0. The van der Waals surface area contributed by atoms with Crippen LogP contribution in [0.15, 0.2) is 30.4 Å². The number of methoxy groups -OCH3 is 2. The molecule has 5 aliphatic rings. The van der Waals surface area contributed by atoms with Crippen LogP contribution in [-0.4, -0.2) is 37.5 Å². The van der Waals surface area contributed by atoms with Crippen molar-refractivity contribution in [1.82, 2.24) is 4.90 Å². The summed E-state index contributed by atoms with van der Waals surface area (Å²) in [5.41, 5.74) is 1.03. The zero-order valence-electron chi connectivity index (χ0n) is 15.1. The van der Waals surface area contributed by atoms with Gasteiger partial charge in [-0.2, -0.15) is 0 Å². The average Bonchev–Trinajstić information content (AvgIpc) is 3.45. The number of imide groups is 1. The minimum absolute atomic E-state index is 0.0465. The van der Waals surface area contributed by atoms with Gasteiger partial charge in [0.2, 0.25) is 11.8 Å². The molecule has 6 atom stereocenters. The number of nitrogens with zero attached hydrogens (tertiary/aromatic N) is 1. The molecule has 3 fully saturated rings. The van der Waals surface area contributed by atoms with Crippen LogP contribution in [0.3, 0.4) is 0 Å². The Hall–Kier alpha value is -2.30. The number of allylic oxidation sites excluding steroid dienone is 2. The molecule has 6 rings (SSSR count). The summed E-state index contributed by atoms with van der Waals surface area (Å²) in [4.78, 5) is 27.5. The first-order chi connectivity index (χ1) is 12.6. The predicted molar refractivity (Wildman–Crippen MR) is 94.7 cm³/mol. The van der Waals surface area contributed by atoms with E-state index in [1.807, 2.05) is 18.2 Å². The lowest BCUT2D eigenvalue weighted by Crippen LogP contribution is -2.40. The lowest BCUT2D eigenvalue weighted by molar-refractivity contribution is -0.140. The van der Waals surface area contributed by atoms with Gasteiger partial charge in [0, 0.05) is 6.54 Å². The van der Waals surface area contributed by atoms with Gasteiger partial charge in [-0.05, 0) is 54.2 Å². The minimum Gasteiger partial charge on any atom is -0.493 e. The Morgan fingerprint density at radius 2 is 1.58 bits per heavy atom. The molecule has 2 bridgehead atoms. The summed E-state index contributed by atoms with van der Waals surface area (Å²) in [7, 11) is 3.21. The van der Waals surface area contributed by atoms with Crippen molar-refractivity contribution in [3.63, 3.8) is 0 Å². The fourth-order valence-electron chi connectivity index (χ4n) is 5.52. The molecule has 1 aromatic carbocycles. The summed E-state index contributed by atoms with van der Waals surface area (Å²) in [6.45, 7) is 0.439. The van der Waals surface area contributed by atoms with Crippen LogP contribution in [0.2, 0.25) is 0 Å². The van der Waals surface area contributed by atoms with Gasteiger partial charge in [0.05, 0.1) is 26.1 Å². The molecule has 1 aliphatic heterocycles. The molecule has 0 radical (unpaired) electrons. The minimum atomic E-state index is -0.105. The SMILES string of the molecule is COc1ccc(CCN2C(=O)[C@@H]3[C@H]4C=C[C@H]([C@H]5C[C@H]45)[C@@H]3C2=O)cc1OC. The van der Waals surface area contributed by atoms with Gasteiger partial charge >= 0.3 is 0 Å². The largest absolute Gasteiger partial charge is 0.493 e. The van der Waals surface area contributed by atoms with Crippen molar-refractivity contribution in [2.75, 3.05) is 20.8 Å². The number of rotatable bonds is 5. The van der Waals surface area contributed by atoms with E-state index in [2.05, 4.69) is 12.2 Å². The summed E-state index contributed by atoms with van der Waals surface area (Å²) in [6.07, 6.45) is 6.25. The lowest BCUT2D eigenvalue weighted by atomic mass is 9.63. The number of hydrogen-bond donors (Lipinski definition) is 0. The normalized spacial score (nSPS) is 36.2. The quantitative estimate of drug-likeness (QED) is 0.602. The third-order valence-electron chi connectivity index (χ3n) is 6.83. The molecule has 1 saturated heterocycles. The third-order valence-corrected chi connectivity index (χ3v) is 6.83. The topological polar surface area (TPSA) is 55.8 Å². The first-order valence-corrected chi connectivity index (χ1v) is 9.38. The van der Waals surface area contributed by atoms with Gasteiger partial charge in [-0.25, -0.2) is 0 Å². The standard InChI is InChI=1S/C21H23NO4/c1-25-16-6-3-11(9-17(16)26-2)7-8-22-20(23)18-12-4-5-13(15-10-14(12)15)19(18)21(22)24/h3-6,9,12-15,18-19H,7-8,10H2,1-2H3/t12-,13+,14-,15-,18+,19-/m1/s1. The highest BCUT2D eigenvalue weighted by Crippen LogP contribution is 2.65. The second-order valence-electron chi connectivity index (χ2n) is 7.92. The number of amides is 2. The van der Waals surface area contributed by atoms with E-state index in [1.165, 1.54) is 11.3 Å². The van der Waals surface area contributed by atoms with Gasteiger partial charge in [0.1, 0.15) is 0 Å². The number of ether oxygens (including phenoxy) is 2. The second-order valence-corrected chi connectivity index (χ2v) is 7.92. The average molecular weight is 353 g/mol. The van der Waals surface area contributed by atoms with E-state index in [0.717, 1.165) is 5.56 Å². The van der Waals surface area contributed by atoms with Crippen molar-refractivity contribution in [1.29, 1.82) is 0 Å². The van der Waals surface area contributed by atoms with E-state index in [0.29, 0.717) is 36.3 Å². The molecule has 0 unspecified atom stereocenters. The molecule has 1 heterocycles. The highest BCUT2D eigenvalue weighted by atomic mass is 16.5. The maximum atomic E-state index is 13.0. The van der Waals surface area contributed by atoms with Crippen LogP contribution < -0.4 is 9.47 Å². The summed E-state index contributed by atoms with van der Waals surface area (Å²) >= 11 is 0. The fourth-order valence-corrected chi connectivity index (χ4v) is 5.52. The molecule has 2 amide bonds. The Morgan fingerprint density at radius 1 is 0.962 bits per heavy atom. The molecule has 136 valence electrons. The summed E-state index contributed by atoms with van der Waals surface area (Å²) in [5.74, 6) is 3.10. The summed E-state index contributed by atoms with van der Waals surface area (Å²) in [5, 5.41) is 0. The van der Waals surface area contributed by atoms with E-state index in [4.69, 9.17) is 9.47 Å². The number of carbonyl (C=O) groups excluding carboxylic acids is 2. The molecule has 1 aromatic rings. The Kier molecular flexibility index (Phi) is 3.43. The van der Waals surface area contributed by atoms with Gasteiger partial charge in [-0.1, -0.05) is 18.2 Å². The number of carbonyl (C=O) groups is 2. The Bertz CT molecular complexity index is 780. The van der Waals surface area contributed by atoms with Crippen LogP contribution in [0.4, 0.5) is 0 Å². The van der Waals surface area contributed by atoms with Crippen molar-refractivity contribution in [3.05, 3.63) is 35.9 Å². The predicted octanol–water partition coefficient (Wildman–Crippen LogP) is 2.30. The van der Waals surface area contributed by atoms with Crippen LogP contribution in [0, 0.1) is 35.5 Å². The first-order valence-electron chi connectivity index (χ1n) is 9.38. The van der Waals surface area contributed by atoms with Crippen LogP contribution in [0.25, 0.3) is 0 Å². The molecular formula is C21H23NO4. The monoisotopic (exact) mass is 353 g/mol. The van der Waals surface area contributed by atoms with Crippen molar-refractivity contribution in [2.45, 2.75) is 12.8 Å². The van der Waals surface area contributed by atoms with E-state index in [9.17, 15) is 9.59 Å². The first kappa shape index (κ1) is 15.9. The number of benzene rings is 1. The van der Waals surface area contributed by atoms with E-state index in [-0.39, 0.29) is 35.5 Å². The second kappa shape index (κ2) is 5.60. The van der Waals surface area contributed by atoms with Crippen LogP contribution >= 0.6 is 0 Å². The maximum Gasteiger partial charge on any atom is 0.233 e. The molecule has 5 heteroatoms. The van der Waals surface area contributed by atoms with E-state index >= 15 is 0 Å². The molecule has 26 heavy (non-hydrogen) atoms. The van der Waals surface area contributed by atoms with Crippen molar-refractivity contribution in [3.8, 4) is 11.5 Å². The summed E-state index contributed by atoms with van der Waals surface area (Å²) < 4.78 is 10.6. The van der Waals surface area contributed by atoms with Gasteiger partial charge in [0.25, 0.3) is 0 Å². The molecule has 0 aromatic heterocycles. The highest BCUT2D eigenvalue weighted by molar-refractivity contribution is 6.06. The zero-order chi connectivity index (χ0) is 18.0. The van der Waals surface area contributed by atoms with E-state index < -0.39 is 0 Å². The van der Waals surface area contributed by atoms with E-state index in [1.54, 1.807) is 14.2 Å². The molecule has 4 aliphatic carbocycles. The van der Waals surface area contributed by atoms with Crippen molar-refractivity contribution >= 4 is 11.8 Å². The highest BCUT2D eigenvalue weighted by Gasteiger charge is 2.66. The molecular weight excluding hydrogens is 330 g/mol. The molecule has 0 N–H and O–H groups in total. The number of likely N-dealkylation sites (tertiary alicyclic amines) is 1. The van der Waals surface area contributed by atoms with Gasteiger partial charge in [-0.3, -0.25) is 14.5 Å². The molecule has 2 saturated carbocycles. The summed E-state index contributed by atoms with van der Waals surface area (Å²) in [6, 6.07) is 5.73. The Morgan fingerprint density at radius 3 is 2.15 bits per heavy atom. The van der Waals surface area contributed by atoms with Gasteiger partial charge in [-0.15, -0.1) is 0 Å². The Labute approximate surface area is 153 Å². The van der Waals surface area contributed by atoms with Crippen molar-refractivity contribution in [2.24, 2.45) is 35.5 Å². The fraction of sp³-hybridized carbons (Fsp3) is 0.524. The lowest BCUT2D eigenvalue weighted by Gasteiger charge is -2.37. The van der Waals surface area contributed by atoms with Crippen LogP contribution in [-0.2, 0) is 16.0 Å². The van der Waals surface area contributed by atoms with Gasteiger partial charge in [0.15, 0.2) is 11.5 Å². The third kappa shape index (κ3) is 2.09. The molecule has 5 nitrogen and oxygen atoms in total. The zero-order valence-corrected chi connectivity index (χ0v) is 15.1. The smallest absolute Gasteiger partial charge is 0.233 e. The van der Waals surface area contributed by atoms with Crippen LogP contribution in [0.1, 0.15) is 12.0 Å². The van der Waals surface area contributed by atoms with Gasteiger partial charge < -0.3 is 9.47 Å². The van der Waals surface area contributed by atoms with Crippen molar-refractivity contribution < 1.29 is 19.1 Å².